The van der Waals surface area contributed by atoms with Crippen LogP contribution in [-0.2, 0) is 4.79 Å². The second-order valence-electron chi connectivity index (χ2n) is 2.32. The molecular formula is C7H10N2O3. The van der Waals surface area contributed by atoms with E-state index in [0.29, 0.717) is 6.42 Å². The minimum Gasteiger partial charge on any atom is -0.494 e. The number of amides is 1. The van der Waals surface area contributed by atoms with E-state index in [1.54, 1.807) is 6.92 Å². The Hall–Kier alpha value is -1.65. The molecule has 1 amide bonds. The molecule has 0 aliphatic carbocycles. The van der Waals surface area contributed by atoms with E-state index in [1.807, 2.05) is 0 Å². The predicted octanol–water partition coefficient (Wildman–Crippen LogP) is 0.774. The number of H-pyrrole nitrogens is 1. The number of carbonyl (C=O) groups excluding carboxylic acids is 1. The molecule has 0 atom stereocenters. The fourth-order valence-electron chi connectivity index (χ4n) is 0.764. The maximum atomic E-state index is 10.8. The summed E-state index contributed by atoms with van der Waals surface area (Å²) in [6.07, 6.45) is 0.325. The van der Waals surface area contributed by atoms with Gasteiger partial charge in [-0.3, -0.25) is 9.78 Å². The fourth-order valence-corrected chi connectivity index (χ4v) is 0.764. The van der Waals surface area contributed by atoms with Gasteiger partial charge in [-0.25, -0.2) is 0 Å². The van der Waals surface area contributed by atoms with E-state index >= 15 is 0 Å². The van der Waals surface area contributed by atoms with E-state index in [1.165, 1.54) is 6.07 Å². The molecule has 0 aliphatic heterocycles. The van der Waals surface area contributed by atoms with Crippen molar-refractivity contribution in [2.24, 2.45) is 0 Å². The van der Waals surface area contributed by atoms with Crippen molar-refractivity contribution in [3.05, 3.63) is 6.07 Å². The first-order chi connectivity index (χ1) is 5.63. The second-order valence-corrected chi connectivity index (χ2v) is 2.32. The summed E-state index contributed by atoms with van der Waals surface area (Å²) in [4.78, 5) is 13.1. The van der Waals surface area contributed by atoms with Gasteiger partial charge in [-0.15, -0.1) is 0 Å². The Morgan fingerprint density at radius 2 is 2.33 bits per heavy atom. The Kier molecular flexibility index (Phi) is 2.23. The number of anilines is 1. The smallest absolute Gasteiger partial charge is 0.224 e. The highest BCUT2D eigenvalue weighted by atomic mass is 16.3. The second kappa shape index (κ2) is 3.17. The van der Waals surface area contributed by atoms with Gasteiger partial charge in [0.15, 0.2) is 5.88 Å². The van der Waals surface area contributed by atoms with E-state index in [2.05, 4.69) is 10.3 Å². The summed E-state index contributed by atoms with van der Waals surface area (Å²) in [5.41, 5.74) is 0.194. The topological polar surface area (TPSA) is 85.4 Å². The average molecular weight is 170 g/mol. The summed E-state index contributed by atoms with van der Waals surface area (Å²) < 4.78 is 0. The third kappa shape index (κ3) is 1.69. The molecule has 1 rings (SSSR count). The molecule has 4 N–H and O–H groups in total. The first-order valence-electron chi connectivity index (χ1n) is 3.54. The Labute approximate surface area is 69.0 Å². The van der Waals surface area contributed by atoms with Crippen LogP contribution in [0.15, 0.2) is 6.07 Å². The maximum absolute atomic E-state index is 10.8. The number of carbonyl (C=O) groups is 1. The van der Waals surface area contributed by atoms with E-state index in [0.717, 1.165) is 0 Å². The first kappa shape index (κ1) is 8.45. The molecule has 12 heavy (non-hydrogen) atoms. The first-order valence-corrected chi connectivity index (χ1v) is 3.54. The molecule has 1 heterocycles. The van der Waals surface area contributed by atoms with Crippen LogP contribution >= 0.6 is 0 Å². The Morgan fingerprint density at radius 1 is 1.67 bits per heavy atom. The third-order valence-electron chi connectivity index (χ3n) is 1.38. The Morgan fingerprint density at radius 3 is 2.75 bits per heavy atom. The van der Waals surface area contributed by atoms with Gasteiger partial charge in [0.1, 0.15) is 5.69 Å². The molecular weight excluding hydrogens is 160 g/mol. The molecule has 0 aromatic carbocycles. The summed E-state index contributed by atoms with van der Waals surface area (Å²) in [7, 11) is 0. The van der Waals surface area contributed by atoms with E-state index in [9.17, 15) is 4.79 Å². The van der Waals surface area contributed by atoms with Crippen molar-refractivity contribution in [1.82, 2.24) is 4.98 Å². The summed E-state index contributed by atoms with van der Waals surface area (Å²) in [6, 6.07) is 1.24. The average Bonchev–Trinajstić information content (AvgIpc) is 2.30. The van der Waals surface area contributed by atoms with Gasteiger partial charge in [0.2, 0.25) is 11.8 Å². The molecule has 1 aromatic rings. The normalized spacial score (nSPS) is 9.75. The summed E-state index contributed by atoms with van der Waals surface area (Å²) in [5, 5.41) is 20.3. The zero-order valence-corrected chi connectivity index (χ0v) is 6.59. The SMILES string of the molecule is CCC(=O)Nc1cc(O)[nH]c1O. The van der Waals surface area contributed by atoms with Gasteiger partial charge in [0.05, 0.1) is 0 Å². The Bertz CT molecular complexity index is 293. The van der Waals surface area contributed by atoms with Crippen LogP contribution in [0.3, 0.4) is 0 Å². The van der Waals surface area contributed by atoms with Gasteiger partial charge < -0.3 is 15.5 Å². The van der Waals surface area contributed by atoms with Crippen molar-refractivity contribution in [2.75, 3.05) is 5.32 Å². The van der Waals surface area contributed by atoms with Crippen molar-refractivity contribution in [3.8, 4) is 11.8 Å². The van der Waals surface area contributed by atoms with Crippen LogP contribution in [0, 0.1) is 0 Å². The van der Waals surface area contributed by atoms with E-state index in [-0.39, 0.29) is 23.4 Å². The number of nitrogens with one attached hydrogen (secondary N) is 2. The van der Waals surface area contributed by atoms with Crippen molar-refractivity contribution in [1.29, 1.82) is 0 Å². The molecule has 5 nitrogen and oxygen atoms in total. The lowest BCUT2D eigenvalue weighted by molar-refractivity contribution is -0.115. The molecule has 0 bridgehead atoms. The number of hydrogen-bond donors (Lipinski definition) is 4. The molecule has 0 saturated heterocycles. The van der Waals surface area contributed by atoms with Crippen LogP contribution in [0.25, 0.3) is 0 Å². The maximum Gasteiger partial charge on any atom is 0.224 e. The number of aromatic hydroxyl groups is 2. The van der Waals surface area contributed by atoms with E-state index < -0.39 is 0 Å². The van der Waals surface area contributed by atoms with Crippen LogP contribution in [0.5, 0.6) is 11.8 Å². The van der Waals surface area contributed by atoms with Gasteiger partial charge in [-0.2, -0.15) is 0 Å². The molecule has 0 spiro atoms. The number of rotatable bonds is 2. The van der Waals surface area contributed by atoms with Gasteiger partial charge >= 0.3 is 0 Å². The van der Waals surface area contributed by atoms with Gasteiger partial charge in [0.25, 0.3) is 0 Å². The molecule has 66 valence electrons. The molecule has 5 heteroatoms. The van der Waals surface area contributed by atoms with Crippen molar-refractivity contribution >= 4 is 11.6 Å². The zero-order valence-electron chi connectivity index (χ0n) is 6.59. The lowest BCUT2D eigenvalue weighted by Crippen LogP contribution is -2.08. The van der Waals surface area contributed by atoms with Crippen LogP contribution in [0.4, 0.5) is 5.69 Å². The summed E-state index contributed by atoms with van der Waals surface area (Å²) in [5.74, 6) is -0.641. The highest BCUT2D eigenvalue weighted by Crippen LogP contribution is 2.26. The van der Waals surface area contributed by atoms with Crippen molar-refractivity contribution in [2.45, 2.75) is 13.3 Å². The number of aromatic amines is 1. The van der Waals surface area contributed by atoms with E-state index in [4.69, 9.17) is 10.2 Å². The van der Waals surface area contributed by atoms with Crippen LogP contribution in [0.2, 0.25) is 0 Å². The highest BCUT2D eigenvalue weighted by Gasteiger charge is 2.07. The molecule has 0 saturated carbocycles. The molecule has 0 radical (unpaired) electrons. The van der Waals surface area contributed by atoms with Crippen molar-refractivity contribution < 1.29 is 15.0 Å². The lowest BCUT2D eigenvalue weighted by atomic mass is 10.4. The minimum atomic E-state index is -0.241. The van der Waals surface area contributed by atoms with Gasteiger partial charge in [-0.1, -0.05) is 6.92 Å². The summed E-state index contributed by atoms with van der Waals surface area (Å²) >= 11 is 0. The number of aromatic nitrogens is 1. The van der Waals surface area contributed by atoms with Crippen LogP contribution < -0.4 is 5.32 Å². The Balaban J connectivity index is 2.75. The summed E-state index contributed by atoms with van der Waals surface area (Å²) in [6.45, 7) is 1.69. The van der Waals surface area contributed by atoms with Crippen LogP contribution in [0.1, 0.15) is 13.3 Å². The van der Waals surface area contributed by atoms with Crippen LogP contribution in [-0.4, -0.2) is 21.1 Å². The largest absolute Gasteiger partial charge is 0.494 e. The van der Waals surface area contributed by atoms with Gasteiger partial charge in [0, 0.05) is 12.5 Å². The van der Waals surface area contributed by atoms with Gasteiger partial charge in [-0.05, 0) is 0 Å². The lowest BCUT2D eigenvalue weighted by Gasteiger charge is -1.98. The molecule has 0 aliphatic rings. The third-order valence-corrected chi connectivity index (χ3v) is 1.38. The highest BCUT2D eigenvalue weighted by molar-refractivity contribution is 5.91. The zero-order chi connectivity index (χ0) is 9.14. The molecule has 0 fully saturated rings. The number of hydrogen-bond acceptors (Lipinski definition) is 3. The van der Waals surface area contributed by atoms with Crippen molar-refractivity contribution in [3.63, 3.8) is 0 Å². The fraction of sp³-hybridized carbons (Fsp3) is 0.286. The predicted molar refractivity (Wildman–Crippen MR) is 43.0 cm³/mol. The monoisotopic (exact) mass is 170 g/mol. The molecule has 1 aromatic heterocycles. The minimum absolute atomic E-state index is 0.182. The molecule has 0 unspecified atom stereocenters. The quantitative estimate of drug-likeness (QED) is 0.529. The standard InChI is InChI=1S/C7H10N2O3/c1-2-5(10)8-4-3-6(11)9-7(4)12/h3,9,11-12H,2H2,1H3,(H,8,10).